The molecule has 0 aliphatic rings. The molecule has 0 aliphatic heterocycles. The van der Waals surface area contributed by atoms with Gasteiger partial charge in [-0.3, -0.25) is 4.79 Å². The number of methoxy groups -OCH3 is 1. The smallest absolute Gasteiger partial charge is 0.233 e. The van der Waals surface area contributed by atoms with Crippen molar-refractivity contribution in [3.63, 3.8) is 0 Å². The van der Waals surface area contributed by atoms with E-state index < -0.39 is 0 Å². The maximum atomic E-state index is 10.5. The second-order valence-electron chi connectivity index (χ2n) is 2.65. The maximum Gasteiger partial charge on any atom is 0.233 e. The van der Waals surface area contributed by atoms with Gasteiger partial charge in [-0.15, -0.1) is 21.5 Å². The van der Waals surface area contributed by atoms with Crippen LogP contribution in [0.2, 0.25) is 0 Å². The van der Waals surface area contributed by atoms with Gasteiger partial charge in [-0.1, -0.05) is 0 Å². The number of hydrogen-bond donors (Lipinski definition) is 0. The molecule has 0 amide bonds. The van der Waals surface area contributed by atoms with Crippen molar-refractivity contribution in [1.82, 2.24) is 15.2 Å². The van der Waals surface area contributed by atoms with E-state index in [4.69, 9.17) is 4.74 Å². The van der Waals surface area contributed by atoms with Gasteiger partial charge in [0.05, 0.1) is 12.0 Å². The van der Waals surface area contributed by atoms with Gasteiger partial charge in [0.15, 0.2) is 6.29 Å². The van der Waals surface area contributed by atoms with Crippen LogP contribution in [0.1, 0.15) is 9.67 Å². The Morgan fingerprint density at radius 1 is 1.40 bits per heavy atom. The third-order valence-corrected chi connectivity index (χ3v) is 2.65. The van der Waals surface area contributed by atoms with Crippen LogP contribution in [0.3, 0.4) is 0 Å². The third kappa shape index (κ3) is 1.99. The molecular weight excluding hydrogens is 214 g/mol. The van der Waals surface area contributed by atoms with Gasteiger partial charge in [-0.25, -0.2) is 4.98 Å². The molecule has 0 saturated heterocycles. The van der Waals surface area contributed by atoms with Gasteiger partial charge in [-0.05, 0) is 6.07 Å². The lowest BCUT2D eigenvalue weighted by molar-refractivity contribution is 0.112. The summed E-state index contributed by atoms with van der Waals surface area (Å²) in [5, 5.41) is 8.41. The van der Waals surface area contributed by atoms with Crippen LogP contribution in [0.4, 0.5) is 0 Å². The summed E-state index contributed by atoms with van der Waals surface area (Å²) in [7, 11) is 1.53. The maximum absolute atomic E-state index is 10.5. The molecule has 0 N–H and O–H groups in total. The molecule has 76 valence electrons. The minimum absolute atomic E-state index is 0.450. The minimum Gasteiger partial charge on any atom is -0.480 e. The van der Waals surface area contributed by atoms with Crippen LogP contribution < -0.4 is 4.74 Å². The van der Waals surface area contributed by atoms with E-state index >= 15 is 0 Å². The molecular formula is C9H7N3O2S. The molecule has 15 heavy (non-hydrogen) atoms. The van der Waals surface area contributed by atoms with Gasteiger partial charge in [0.2, 0.25) is 5.88 Å². The molecule has 0 unspecified atom stereocenters. The Kier molecular flexibility index (Phi) is 2.68. The molecule has 0 bridgehead atoms. The second kappa shape index (κ2) is 4.14. The lowest BCUT2D eigenvalue weighted by atomic mass is 10.4. The Bertz CT molecular complexity index is 466. The van der Waals surface area contributed by atoms with Crippen LogP contribution in [0.15, 0.2) is 18.3 Å². The largest absolute Gasteiger partial charge is 0.480 e. The van der Waals surface area contributed by atoms with Gasteiger partial charge in [0.1, 0.15) is 10.7 Å². The predicted octanol–water partition coefficient (Wildman–Crippen LogP) is 1.42. The Balaban J connectivity index is 2.32. The molecule has 0 aromatic carbocycles. The van der Waals surface area contributed by atoms with E-state index in [2.05, 4.69) is 15.2 Å². The number of rotatable bonds is 3. The molecule has 5 nitrogen and oxygen atoms in total. The van der Waals surface area contributed by atoms with Gasteiger partial charge in [-0.2, -0.15) is 0 Å². The number of thiazole rings is 1. The summed E-state index contributed by atoms with van der Waals surface area (Å²) < 4.78 is 4.88. The number of ether oxygens (including phenoxy) is 1. The van der Waals surface area contributed by atoms with Crippen molar-refractivity contribution in [3.05, 3.63) is 23.2 Å². The van der Waals surface area contributed by atoms with E-state index in [0.29, 0.717) is 21.5 Å². The minimum atomic E-state index is 0.450. The van der Waals surface area contributed by atoms with Gasteiger partial charge in [0, 0.05) is 12.3 Å². The summed E-state index contributed by atoms with van der Waals surface area (Å²) >= 11 is 1.28. The zero-order valence-corrected chi connectivity index (χ0v) is 8.69. The Hall–Kier alpha value is -1.82. The van der Waals surface area contributed by atoms with Crippen molar-refractivity contribution in [1.29, 1.82) is 0 Å². The normalized spacial score (nSPS) is 9.93. The predicted molar refractivity (Wildman–Crippen MR) is 55.1 cm³/mol. The van der Waals surface area contributed by atoms with Crippen molar-refractivity contribution in [3.8, 4) is 16.6 Å². The highest BCUT2D eigenvalue weighted by atomic mass is 32.1. The van der Waals surface area contributed by atoms with E-state index in [9.17, 15) is 4.79 Å². The van der Waals surface area contributed by atoms with E-state index in [1.54, 1.807) is 12.1 Å². The summed E-state index contributed by atoms with van der Waals surface area (Å²) in [6.45, 7) is 0. The van der Waals surface area contributed by atoms with E-state index in [0.717, 1.165) is 6.29 Å². The molecule has 0 fully saturated rings. The highest BCUT2D eigenvalue weighted by Gasteiger charge is 2.06. The van der Waals surface area contributed by atoms with E-state index in [1.807, 2.05) is 0 Å². The topological polar surface area (TPSA) is 65.0 Å². The van der Waals surface area contributed by atoms with Crippen molar-refractivity contribution in [2.24, 2.45) is 0 Å². The first-order valence-electron chi connectivity index (χ1n) is 4.12. The van der Waals surface area contributed by atoms with Crippen LogP contribution in [-0.2, 0) is 0 Å². The highest BCUT2D eigenvalue weighted by Crippen LogP contribution is 2.22. The van der Waals surface area contributed by atoms with Crippen molar-refractivity contribution >= 4 is 17.6 Å². The van der Waals surface area contributed by atoms with E-state index in [1.165, 1.54) is 24.6 Å². The van der Waals surface area contributed by atoms with Crippen LogP contribution in [0.25, 0.3) is 10.7 Å². The van der Waals surface area contributed by atoms with Crippen LogP contribution in [0.5, 0.6) is 5.88 Å². The summed E-state index contributed by atoms with van der Waals surface area (Å²) in [6.07, 6.45) is 2.27. The number of carbonyl (C=O) groups excluding carboxylic acids is 1. The zero-order valence-electron chi connectivity index (χ0n) is 7.88. The average molecular weight is 221 g/mol. The molecule has 6 heteroatoms. The summed E-state index contributed by atoms with van der Waals surface area (Å²) in [6, 6.07) is 3.45. The summed E-state index contributed by atoms with van der Waals surface area (Å²) in [5.74, 6) is 0.450. The lowest BCUT2D eigenvalue weighted by Crippen LogP contribution is -1.91. The Morgan fingerprint density at radius 2 is 2.27 bits per heavy atom. The van der Waals surface area contributed by atoms with Crippen molar-refractivity contribution in [2.75, 3.05) is 7.11 Å². The molecule has 2 aromatic heterocycles. The molecule has 0 radical (unpaired) electrons. The zero-order chi connectivity index (χ0) is 10.7. The molecule has 2 aromatic rings. The number of aromatic nitrogens is 3. The number of nitrogens with zero attached hydrogens (tertiary/aromatic N) is 3. The quantitative estimate of drug-likeness (QED) is 0.733. The van der Waals surface area contributed by atoms with Gasteiger partial charge in [0.25, 0.3) is 0 Å². The number of aldehydes is 1. The molecule has 2 heterocycles. The molecule has 0 spiro atoms. The summed E-state index contributed by atoms with van der Waals surface area (Å²) in [4.78, 5) is 15.1. The fourth-order valence-electron chi connectivity index (χ4n) is 1.00. The van der Waals surface area contributed by atoms with Crippen molar-refractivity contribution in [2.45, 2.75) is 0 Å². The third-order valence-electron chi connectivity index (χ3n) is 1.71. The average Bonchev–Trinajstić information content (AvgIpc) is 2.78. The second-order valence-corrected chi connectivity index (χ2v) is 3.71. The first kappa shape index (κ1) is 9.72. The molecule has 2 rings (SSSR count). The summed E-state index contributed by atoms with van der Waals surface area (Å²) in [5.41, 5.74) is 0.633. The standard InChI is InChI=1S/C9H7N3O2S/c1-14-8-3-2-7(11-12-8)9-10-4-6(5-13)15-9/h2-5H,1H3. The van der Waals surface area contributed by atoms with Crippen LogP contribution in [0, 0.1) is 0 Å². The van der Waals surface area contributed by atoms with Crippen LogP contribution in [-0.4, -0.2) is 28.6 Å². The number of carbonyl (C=O) groups is 1. The lowest BCUT2D eigenvalue weighted by Gasteiger charge is -1.97. The Morgan fingerprint density at radius 3 is 2.80 bits per heavy atom. The molecule has 0 atom stereocenters. The van der Waals surface area contributed by atoms with E-state index in [-0.39, 0.29) is 0 Å². The van der Waals surface area contributed by atoms with Gasteiger partial charge < -0.3 is 4.74 Å². The molecule has 0 saturated carbocycles. The first-order valence-corrected chi connectivity index (χ1v) is 4.94. The highest BCUT2D eigenvalue weighted by molar-refractivity contribution is 7.16. The monoisotopic (exact) mass is 221 g/mol. The van der Waals surface area contributed by atoms with Crippen molar-refractivity contribution < 1.29 is 9.53 Å². The first-order chi connectivity index (χ1) is 7.33. The fraction of sp³-hybridized carbons (Fsp3) is 0.111. The SMILES string of the molecule is COc1ccc(-c2ncc(C=O)s2)nn1. The molecule has 0 aliphatic carbocycles. The number of hydrogen-bond acceptors (Lipinski definition) is 6. The Labute approximate surface area is 89.8 Å². The van der Waals surface area contributed by atoms with Crippen LogP contribution >= 0.6 is 11.3 Å². The van der Waals surface area contributed by atoms with Gasteiger partial charge >= 0.3 is 0 Å². The fourth-order valence-corrected chi connectivity index (χ4v) is 1.70.